The molecule has 3 N–H and O–H groups in total. The monoisotopic (exact) mass is 494 g/mol. The molecule has 0 unspecified atom stereocenters. The Morgan fingerprint density at radius 2 is 1.71 bits per heavy atom. The summed E-state index contributed by atoms with van der Waals surface area (Å²) in [6.45, 7) is 10.3. The van der Waals surface area contributed by atoms with Gasteiger partial charge in [-0.15, -0.1) is 0 Å². The van der Waals surface area contributed by atoms with E-state index in [4.69, 9.17) is 16.3 Å². The van der Waals surface area contributed by atoms with Gasteiger partial charge in [-0.25, -0.2) is 14.4 Å². The number of likely N-dealkylation sites (tertiary alicyclic amines) is 1. The Labute approximate surface area is 206 Å². The lowest BCUT2D eigenvalue weighted by molar-refractivity contribution is -0.818. The largest absolute Gasteiger partial charge is 0.444 e. The Morgan fingerprint density at radius 1 is 1.09 bits per heavy atom. The molecule has 1 aromatic rings. The number of hydrogen-bond acceptors (Lipinski definition) is 5. The number of rotatable bonds is 7. The second-order valence-corrected chi connectivity index (χ2v) is 11.5. The van der Waals surface area contributed by atoms with E-state index in [0.717, 1.165) is 30.4 Å². The summed E-state index contributed by atoms with van der Waals surface area (Å²) in [7, 11) is 0. The van der Waals surface area contributed by atoms with Crippen molar-refractivity contribution < 1.29 is 28.7 Å². The molecule has 9 heteroatoms. The number of aliphatic hydroxyl groups is 1. The normalized spacial score (nSPS) is 18.4. The molecule has 1 aromatic carbocycles. The Balaban J connectivity index is 1.67. The quantitative estimate of drug-likeness (QED) is 0.494. The number of alkyl carbamates (subject to hydrolysis) is 1. The number of nitrogens with zero attached hydrogens (tertiary/aromatic N) is 1. The predicted octanol–water partition coefficient (Wildman–Crippen LogP) is 4.12. The van der Waals surface area contributed by atoms with Crippen LogP contribution in [0.2, 0.25) is 5.02 Å². The van der Waals surface area contributed by atoms with Gasteiger partial charge in [0.15, 0.2) is 6.10 Å². The molecule has 1 saturated carbocycles. The molecule has 0 aromatic heterocycles. The Bertz CT molecular complexity index is 948. The van der Waals surface area contributed by atoms with Crippen LogP contribution in [0.15, 0.2) is 18.2 Å². The van der Waals surface area contributed by atoms with Gasteiger partial charge in [-0.3, -0.25) is 0 Å². The van der Waals surface area contributed by atoms with E-state index in [9.17, 15) is 19.5 Å². The first kappa shape index (κ1) is 26.4. The maximum Gasteiger partial charge on any atom is 0.424 e. The van der Waals surface area contributed by atoms with Crippen molar-refractivity contribution in [1.29, 1.82) is 0 Å². The Hall–Kier alpha value is -2.16. The lowest BCUT2D eigenvalue weighted by Crippen LogP contribution is -2.71. The van der Waals surface area contributed by atoms with Gasteiger partial charge in [0.25, 0.3) is 0 Å². The summed E-state index contributed by atoms with van der Waals surface area (Å²) >= 11 is 6.17. The highest BCUT2D eigenvalue weighted by Crippen LogP contribution is 2.48. The summed E-state index contributed by atoms with van der Waals surface area (Å²) < 4.78 is 4.89. The zero-order valence-electron chi connectivity index (χ0n) is 20.7. The highest BCUT2D eigenvalue weighted by molar-refractivity contribution is 6.30. The Morgan fingerprint density at radius 3 is 2.24 bits per heavy atom. The van der Waals surface area contributed by atoms with Gasteiger partial charge in [0.05, 0.1) is 0 Å². The summed E-state index contributed by atoms with van der Waals surface area (Å²) in [4.78, 5) is 38.5. The molecular weight excluding hydrogens is 458 g/mol. The molecule has 34 heavy (non-hydrogen) atoms. The molecule has 3 rings (SSSR count). The number of urea groups is 1. The molecular formula is C25H37ClN3O5+. The van der Waals surface area contributed by atoms with Gasteiger partial charge in [-0.2, -0.15) is 4.48 Å². The first-order valence-electron chi connectivity index (χ1n) is 11.9. The second kappa shape index (κ2) is 9.84. The van der Waals surface area contributed by atoms with Crippen molar-refractivity contribution >= 4 is 29.6 Å². The molecule has 0 radical (unpaired) electrons. The molecule has 1 aliphatic carbocycles. The van der Waals surface area contributed by atoms with E-state index >= 15 is 0 Å². The van der Waals surface area contributed by atoms with Crippen LogP contribution in [0.5, 0.6) is 0 Å². The zero-order chi connectivity index (χ0) is 25.3. The minimum Gasteiger partial charge on any atom is -0.444 e. The van der Waals surface area contributed by atoms with Crippen LogP contribution in [0, 0.1) is 11.3 Å². The molecule has 2 aliphatic rings. The van der Waals surface area contributed by atoms with Crippen molar-refractivity contribution in [1.82, 2.24) is 10.6 Å². The van der Waals surface area contributed by atoms with Gasteiger partial charge >= 0.3 is 18.0 Å². The zero-order valence-corrected chi connectivity index (χ0v) is 21.5. The van der Waals surface area contributed by atoms with Gasteiger partial charge < -0.3 is 20.5 Å². The molecule has 1 aliphatic heterocycles. The van der Waals surface area contributed by atoms with E-state index in [1.807, 2.05) is 13.8 Å². The molecule has 1 atom stereocenters. The van der Waals surface area contributed by atoms with Gasteiger partial charge in [0.1, 0.15) is 18.7 Å². The first-order valence-corrected chi connectivity index (χ1v) is 12.3. The van der Waals surface area contributed by atoms with Crippen molar-refractivity contribution in [2.24, 2.45) is 11.3 Å². The van der Waals surface area contributed by atoms with E-state index < -0.39 is 35.2 Å². The van der Waals surface area contributed by atoms with Crippen molar-refractivity contribution in [3.05, 3.63) is 34.3 Å². The highest BCUT2D eigenvalue weighted by atomic mass is 35.5. The van der Waals surface area contributed by atoms with Crippen LogP contribution in [0.4, 0.5) is 9.59 Å². The van der Waals surface area contributed by atoms with E-state index in [-0.39, 0.29) is 17.6 Å². The third kappa shape index (κ3) is 5.90. The smallest absolute Gasteiger partial charge is 0.424 e. The lowest BCUT2D eigenvalue weighted by Gasteiger charge is -2.43. The minimum atomic E-state index is -1.19. The average Bonchev–Trinajstić information content (AvgIpc) is 3.54. The third-order valence-corrected chi connectivity index (χ3v) is 7.11. The SMILES string of the molecule is CC(C)(C)OC(=O)NCc1ccc(Cl)cc1CNC(=O)[N+]1(C(=O)[C@H](O)C(C)(C)C2CC2)CCC1. The van der Waals surface area contributed by atoms with Gasteiger partial charge in [0, 0.05) is 29.9 Å². The van der Waals surface area contributed by atoms with Crippen LogP contribution in [-0.4, -0.2) is 52.4 Å². The molecule has 1 heterocycles. The summed E-state index contributed by atoms with van der Waals surface area (Å²) in [5.41, 5.74) is 0.334. The fraction of sp³-hybridized carbons (Fsp3) is 0.640. The van der Waals surface area contributed by atoms with Crippen molar-refractivity contribution in [3.8, 4) is 0 Å². The predicted molar refractivity (Wildman–Crippen MR) is 129 cm³/mol. The minimum absolute atomic E-state index is 0.139. The molecule has 0 bridgehead atoms. The standard InChI is InChI=1S/C25H36ClN3O5/c1-24(2,3)34-23(33)28-14-16-7-10-19(26)13-17(16)15-27-22(32)29(11-6-12-29)21(31)20(30)25(4,5)18-8-9-18/h7,10,13,18,20,30H,6,8-9,11-12,14-15H2,1-5H3,(H-,27,28,32,33)/p+1/t20-/m0/s1. The van der Waals surface area contributed by atoms with Crippen LogP contribution >= 0.6 is 11.6 Å². The number of imide groups is 1. The molecule has 0 spiro atoms. The van der Waals surface area contributed by atoms with Gasteiger partial charge in [0.2, 0.25) is 0 Å². The molecule has 1 saturated heterocycles. The van der Waals surface area contributed by atoms with Gasteiger partial charge in [-0.1, -0.05) is 31.5 Å². The van der Waals surface area contributed by atoms with Crippen LogP contribution in [0.1, 0.15) is 65.0 Å². The third-order valence-electron chi connectivity index (χ3n) is 6.88. The molecule has 188 valence electrons. The summed E-state index contributed by atoms with van der Waals surface area (Å²) in [5, 5.41) is 16.9. The number of ether oxygens (including phenoxy) is 1. The van der Waals surface area contributed by atoms with Crippen LogP contribution in [0.25, 0.3) is 0 Å². The number of hydrogen-bond donors (Lipinski definition) is 3. The van der Waals surface area contributed by atoms with Crippen molar-refractivity contribution in [2.45, 2.75) is 78.7 Å². The summed E-state index contributed by atoms with van der Waals surface area (Å²) in [6.07, 6.45) is 1.01. The van der Waals surface area contributed by atoms with Crippen molar-refractivity contribution in [2.75, 3.05) is 13.1 Å². The molecule has 8 nitrogen and oxygen atoms in total. The van der Waals surface area contributed by atoms with Crippen LogP contribution < -0.4 is 10.6 Å². The van der Waals surface area contributed by atoms with E-state index in [2.05, 4.69) is 10.6 Å². The number of carbonyl (C=O) groups excluding carboxylic acids is 3. The van der Waals surface area contributed by atoms with Gasteiger partial charge in [-0.05, 0) is 62.8 Å². The second-order valence-electron chi connectivity index (χ2n) is 11.0. The number of aliphatic hydroxyl groups excluding tert-OH is 1. The lowest BCUT2D eigenvalue weighted by atomic mass is 9.80. The maximum atomic E-state index is 13.3. The fourth-order valence-electron chi connectivity index (χ4n) is 4.34. The van der Waals surface area contributed by atoms with Crippen LogP contribution in [0.3, 0.4) is 0 Å². The molecule has 4 amide bonds. The van der Waals surface area contributed by atoms with E-state index in [1.165, 1.54) is 0 Å². The number of quaternary nitrogens is 1. The summed E-state index contributed by atoms with van der Waals surface area (Å²) in [5.74, 6) is -0.124. The first-order chi connectivity index (χ1) is 15.8. The number of benzene rings is 1. The summed E-state index contributed by atoms with van der Waals surface area (Å²) in [6, 6.07) is 4.79. The fourth-order valence-corrected chi connectivity index (χ4v) is 4.53. The van der Waals surface area contributed by atoms with Crippen molar-refractivity contribution in [3.63, 3.8) is 0 Å². The van der Waals surface area contributed by atoms with Crippen LogP contribution in [-0.2, 0) is 22.6 Å². The maximum absolute atomic E-state index is 13.3. The number of amides is 4. The average molecular weight is 495 g/mol. The Kier molecular flexibility index (Phi) is 7.65. The highest BCUT2D eigenvalue weighted by Gasteiger charge is 2.58. The molecule has 2 fully saturated rings. The number of nitrogens with one attached hydrogen (secondary N) is 2. The van der Waals surface area contributed by atoms with E-state index in [1.54, 1.807) is 39.0 Å². The topological polar surface area (TPSA) is 105 Å². The number of carbonyl (C=O) groups is 3. The van der Waals surface area contributed by atoms with E-state index in [0.29, 0.717) is 24.0 Å². The number of halogens is 1.